The van der Waals surface area contributed by atoms with Gasteiger partial charge in [-0.1, -0.05) is 53.7 Å². The summed E-state index contributed by atoms with van der Waals surface area (Å²) in [4.78, 5) is 0. The van der Waals surface area contributed by atoms with Crippen molar-refractivity contribution in [3.8, 4) is 0 Å². The first-order valence-corrected chi connectivity index (χ1v) is 5.43. The average molecular weight is 208 g/mol. The first-order valence-electron chi connectivity index (χ1n) is 5.43. The molecule has 0 nitrogen and oxygen atoms in total. The summed E-state index contributed by atoms with van der Waals surface area (Å²) in [5, 5.41) is 0. The molecule has 0 bridgehead atoms. The minimum atomic E-state index is -0.145. The second kappa shape index (κ2) is 3.62. The van der Waals surface area contributed by atoms with Gasteiger partial charge in [0, 0.05) is 0 Å². The monoisotopic (exact) mass is 208 g/mol. The maximum Gasteiger partial charge on any atom is 0.127 e. The van der Waals surface area contributed by atoms with E-state index in [1.165, 1.54) is 0 Å². The Bertz CT molecular complexity index is 351. The van der Waals surface area contributed by atoms with E-state index < -0.39 is 0 Å². The van der Waals surface area contributed by atoms with Crippen LogP contribution in [-0.4, -0.2) is 0 Å². The largest absolute Gasteiger partial charge is 0.207 e. The SMILES string of the molecule is CC(C)(C)c1cccc(F)c1C(C)(C)C. The molecule has 0 saturated carbocycles. The van der Waals surface area contributed by atoms with Crippen molar-refractivity contribution in [2.75, 3.05) is 0 Å². The molecule has 0 spiro atoms. The van der Waals surface area contributed by atoms with Crippen LogP contribution in [0.1, 0.15) is 52.7 Å². The van der Waals surface area contributed by atoms with Gasteiger partial charge >= 0.3 is 0 Å². The van der Waals surface area contributed by atoms with Crippen molar-refractivity contribution in [1.82, 2.24) is 0 Å². The van der Waals surface area contributed by atoms with Crippen LogP contribution in [0.3, 0.4) is 0 Å². The summed E-state index contributed by atoms with van der Waals surface area (Å²) in [5.74, 6) is -0.0880. The molecule has 0 aliphatic carbocycles. The van der Waals surface area contributed by atoms with E-state index in [0.717, 1.165) is 11.1 Å². The van der Waals surface area contributed by atoms with E-state index >= 15 is 0 Å². The molecule has 1 aromatic rings. The zero-order chi connectivity index (χ0) is 11.9. The van der Waals surface area contributed by atoms with Crippen LogP contribution >= 0.6 is 0 Å². The van der Waals surface area contributed by atoms with Crippen molar-refractivity contribution in [3.05, 3.63) is 35.1 Å². The van der Waals surface area contributed by atoms with Crippen LogP contribution in [0.15, 0.2) is 18.2 Å². The molecule has 15 heavy (non-hydrogen) atoms. The molecule has 0 amide bonds. The molecule has 1 heteroatoms. The number of hydrogen-bond donors (Lipinski definition) is 0. The predicted molar refractivity (Wildman–Crippen MR) is 63.8 cm³/mol. The minimum Gasteiger partial charge on any atom is -0.207 e. The standard InChI is InChI=1S/C14H21F/c1-13(2,3)10-8-7-9-11(15)12(10)14(4,5)6/h7-9H,1-6H3. The second-order valence-electron chi connectivity index (χ2n) is 6.16. The average Bonchev–Trinajstić information content (AvgIpc) is 1.99. The highest BCUT2D eigenvalue weighted by molar-refractivity contribution is 5.38. The van der Waals surface area contributed by atoms with Gasteiger partial charge in [-0.3, -0.25) is 0 Å². The lowest BCUT2D eigenvalue weighted by atomic mass is 9.75. The highest BCUT2D eigenvalue weighted by Gasteiger charge is 2.27. The Morgan fingerprint density at radius 2 is 1.40 bits per heavy atom. The number of hydrogen-bond acceptors (Lipinski definition) is 0. The van der Waals surface area contributed by atoms with Gasteiger partial charge < -0.3 is 0 Å². The lowest BCUT2D eigenvalue weighted by Crippen LogP contribution is -2.23. The molecule has 0 atom stereocenters. The van der Waals surface area contributed by atoms with E-state index in [4.69, 9.17) is 0 Å². The Morgan fingerprint density at radius 1 is 0.867 bits per heavy atom. The fourth-order valence-corrected chi connectivity index (χ4v) is 1.91. The highest BCUT2D eigenvalue weighted by atomic mass is 19.1. The molecule has 0 aliphatic rings. The fraction of sp³-hybridized carbons (Fsp3) is 0.571. The Kier molecular flexibility index (Phi) is 2.95. The summed E-state index contributed by atoms with van der Waals surface area (Å²) in [5.41, 5.74) is 1.80. The predicted octanol–water partition coefficient (Wildman–Crippen LogP) is 4.42. The molecule has 0 unspecified atom stereocenters. The topological polar surface area (TPSA) is 0 Å². The summed E-state index contributed by atoms with van der Waals surface area (Å²) in [6.45, 7) is 12.5. The molecule has 0 aromatic heterocycles. The Morgan fingerprint density at radius 3 is 1.73 bits per heavy atom. The lowest BCUT2D eigenvalue weighted by molar-refractivity contribution is 0.487. The Labute approximate surface area is 92.5 Å². The van der Waals surface area contributed by atoms with Gasteiger partial charge in [-0.05, 0) is 28.0 Å². The van der Waals surface area contributed by atoms with E-state index in [-0.39, 0.29) is 16.6 Å². The van der Waals surface area contributed by atoms with Crippen LogP contribution in [0.25, 0.3) is 0 Å². The molecule has 0 fully saturated rings. The molecule has 0 aliphatic heterocycles. The van der Waals surface area contributed by atoms with Crippen molar-refractivity contribution >= 4 is 0 Å². The highest BCUT2D eigenvalue weighted by Crippen LogP contribution is 2.35. The molecule has 0 saturated heterocycles. The summed E-state index contributed by atoms with van der Waals surface area (Å²) in [7, 11) is 0. The van der Waals surface area contributed by atoms with Crippen molar-refractivity contribution in [1.29, 1.82) is 0 Å². The zero-order valence-electron chi connectivity index (χ0n) is 10.6. The van der Waals surface area contributed by atoms with E-state index in [1.807, 2.05) is 6.07 Å². The quantitative estimate of drug-likeness (QED) is 0.592. The third-order valence-corrected chi connectivity index (χ3v) is 2.57. The molecule has 0 N–H and O–H groups in total. The number of halogens is 1. The van der Waals surface area contributed by atoms with E-state index in [9.17, 15) is 4.39 Å². The fourth-order valence-electron chi connectivity index (χ4n) is 1.91. The van der Waals surface area contributed by atoms with E-state index in [0.29, 0.717) is 0 Å². The van der Waals surface area contributed by atoms with Gasteiger partial charge in [-0.25, -0.2) is 4.39 Å². The van der Waals surface area contributed by atoms with Gasteiger partial charge in [0.1, 0.15) is 5.82 Å². The van der Waals surface area contributed by atoms with Crippen LogP contribution in [0, 0.1) is 5.82 Å². The van der Waals surface area contributed by atoms with Crippen LogP contribution in [0.5, 0.6) is 0 Å². The van der Waals surface area contributed by atoms with Crippen LogP contribution in [0.4, 0.5) is 4.39 Å². The van der Waals surface area contributed by atoms with Gasteiger partial charge in [0.05, 0.1) is 0 Å². The smallest absolute Gasteiger partial charge is 0.127 e. The first-order chi connectivity index (χ1) is 6.64. The number of rotatable bonds is 0. The van der Waals surface area contributed by atoms with Crippen molar-refractivity contribution in [3.63, 3.8) is 0 Å². The molecular formula is C14H21F. The van der Waals surface area contributed by atoms with Crippen LogP contribution in [-0.2, 0) is 10.8 Å². The lowest BCUT2D eigenvalue weighted by Gasteiger charge is -2.30. The molecule has 84 valence electrons. The normalized spacial score (nSPS) is 13.0. The van der Waals surface area contributed by atoms with Gasteiger partial charge in [0.15, 0.2) is 0 Å². The van der Waals surface area contributed by atoms with Gasteiger partial charge in [0.25, 0.3) is 0 Å². The second-order valence-corrected chi connectivity index (χ2v) is 6.16. The maximum atomic E-state index is 13.9. The Balaban J connectivity index is 3.48. The van der Waals surface area contributed by atoms with Crippen LogP contribution < -0.4 is 0 Å². The molecule has 1 aromatic carbocycles. The first kappa shape index (κ1) is 12.2. The van der Waals surface area contributed by atoms with Gasteiger partial charge in [-0.2, -0.15) is 0 Å². The van der Waals surface area contributed by atoms with Gasteiger partial charge in [0.2, 0.25) is 0 Å². The third kappa shape index (κ3) is 2.58. The van der Waals surface area contributed by atoms with E-state index in [2.05, 4.69) is 41.5 Å². The number of benzene rings is 1. The van der Waals surface area contributed by atoms with Crippen LogP contribution in [0.2, 0.25) is 0 Å². The van der Waals surface area contributed by atoms with Crippen molar-refractivity contribution < 1.29 is 4.39 Å². The molecule has 0 heterocycles. The zero-order valence-corrected chi connectivity index (χ0v) is 10.6. The third-order valence-electron chi connectivity index (χ3n) is 2.57. The van der Waals surface area contributed by atoms with Crippen molar-refractivity contribution in [2.24, 2.45) is 0 Å². The molecular weight excluding hydrogens is 187 g/mol. The molecule has 0 radical (unpaired) electrons. The Hall–Kier alpha value is -0.850. The van der Waals surface area contributed by atoms with E-state index in [1.54, 1.807) is 12.1 Å². The van der Waals surface area contributed by atoms with Gasteiger partial charge in [-0.15, -0.1) is 0 Å². The maximum absolute atomic E-state index is 13.9. The van der Waals surface area contributed by atoms with Crippen molar-refractivity contribution in [2.45, 2.75) is 52.4 Å². The summed E-state index contributed by atoms with van der Waals surface area (Å²) >= 11 is 0. The summed E-state index contributed by atoms with van der Waals surface area (Å²) in [6.07, 6.45) is 0. The summed E-state index contributed by atoms with van der Waals surface area (Å²) < 4.78 is 13.9. The summed E-state index contributed by atoms with van der Waals surface area (Å²) in [6, 6.07) is 5.38. The molecule has 1 rings (SSSR count). The minimum absolute atomic E-state index is 0.00921.